The Morgan fingerprint density at radius 2 is 2.15 bits per heavy atom. The van der Waals surface area contributed by atoms with Crippen LogP contribution < -0.4 is 5.32 Å². The number of nitrogens with zero attached hydrogens (tertiary/aromatic N) is 3. The minimum absolute atomic E-state index is 0.0743. The Balaban J connectivity index is 1.89. The summed E-state index contributed by atoms with van der Waals surface area (Å²) in [6, 6.07) is 0. The lowest BCUT2D eigenvalue weighted by Crippen LogP contribution is -2.38. The van der Waals surface area contributed by atoms with Gasteiger partial charge in [-0.3, -0.25) is 9.59 Å². The van der Waals surface area contributed by atoms with Gasteiger partial charge in [-0.05, 0) is 19.3 Å². The lowest BCUT2D eigenvalue weighted by atomic mass is 9.82. The normalized spacial score (nSPS) is 17.1. The van der Waals surface area contributed by atoms with E-state index >= 15 is 0 Å². The first-order valence-electron chi connectivity index (χ1n) is 6.95. The first-order chi connectivity index (χ1) is 9.55. The highest BCUT2D eigenvalue weighted by Gasteiger charge is 2.39. The van der Waals surface area contributed by atoms with Crippen LogP contribution in [-0.2, 0) is 22.7 Å². The molecule has 1 aliphatic carbocycles. The molecule has 1 saturated carbocycles. The van der Waals surface area contributed by atoms with Crippen molar-refractivity contribution in [2.75, 3.05) is 0 Å². The average Bonchev–Trinajstić information content (AvgIpc) is 3.05. The van der Waals surface area contributed by atoms with Crippen LogP contribution in [0.3, 0.4) is 0 Å². The van der Waals surface area contributed by atoms with E-state index in [-0.39, 0.29) is 17.9 Å². The number of rotatable bonds is 6. The molecule has 2 N–H and O–H groups in total. The van der Waals surface area contributed by atoms with E-state index in [1.165, 1.54) is 4.68 Å². The van der Waals surface area contributed by atoms with Crippen LogP contribution in [0.1, 0.15) is 44.7 Å². The van der Waals surface area contributed by atoms with Gasteiger partial charge in [0.15, 0.2) is 0 Å². The zero-order chi connectivity index (χ0) is 14.6. The average molecular weight is 280 g/mol. The van der Waals surface area contributed by atoms with Gasteiger partial charge in [0.05, 0.1) is 12.7 Å². The number of carbonyl (C=O) groups excluding carboxylic acids is 1. The first-order valence-corrected chi connectivity index (χ1v) is 6.95. The van der Waals surface area contributed by atoms with Gasteiger partial charge in [-0.25, -0.2) is 4.68 Å². The fraction of sp³-hybridized carbons (Fsp3) is 0.692. The molecule has 0 unspecified atom stereocenters. The Kier molecular flexibility index (Phi) is 4.36. The molecule has 1 heterocycles. The Bertz CT molecular complexity index is 492. The smallest absolute Gasteiger partial charge is 0.325 e. The van der Waals surface area contributed by atoms with Crippen LogP contribution in [0, 0.1) is 5.41 Å². The molecule has 2 rings (SSSR count). The van der Waals surface area contributed by atoms with Gasteiger partial charge in [0.2, 0.25) is 5.91 Å². The van der Waals surface area contributed by atoms with Crippen molar-refractivity contribution in [3.8, 4) is 0 Å². The molecule has 20 heavy (non-hydrogen) atoms. The number of hydrogen-bond acceptors (Lipinski definition) is 4. The quantitative estimate of drug-likeness (QED) is 0.808. The third-order valence-electron chi connectivity index (χ3n) is 4.03. The van der Waals surface area contributed by atoms with Crippen molar-refractivity contribution in [2.24, 2.45) is 5.41 Å². The third kappa shape index (κ3) is 3.15. The van der Waals surface area contributed by atoms with E-state index in [4.69, 9.17) is 5.11 Å². The Morgan fingerprint density at radius 3 is 2.75 bits per heavy atom. The van der Waals surface area contributed by atoms with Gasteiger partial charge >= 0.3 is 5.97 Å². The molecule has 1 aliphatic rings. The molecule has 0 aliphatic heterocycles. The molecule has 0 atom stereocenters. The summed E-state index contributed by atoms with van der Waals surface area (Å²) in [4.78, 5) is 22.8. The summed E-state index contributed by atoms with van der Waals surface area (Å²) < 4.78 is 1.25. The second kappa shape index (κ2) is 6.02. The van der Waals surface area contributed by atoms with Gasteiger partial charge in [-0.15, -0.1) is 5.10 Å². The molecule has 7 nitrogen and oxygen atoms in total. The van der Waals surface area contributed by atoms with E-state index in [1.807, 2.05) is 6.92 Å². The summed E-state index contributed by atoms with van der Waals surface area (Å²) in [7, 11) is 0. The highest BCUT2D eigenvalue weighted by Crippen LogP contribution is 2.41. The number of nitrogens with one attached hydrogen (secondary N) is 1. The minimum Gasteiger partial charge on any atom is -0.480 e. The largest absolute Gasteiger partial charge is 0.480 e. The van der Waals surface area contributed by atoms with Crippen LogP contribution in [0.15, 0.2) is 6.20 Å². The lowest BCUT2D eigenvalue weighted by Gasteiger charge is -2.25. The van der Waals surface area contributed by atoms with E-state index in [0.29, 0.717) is 12.2 Å². The van der Waals surface area contributed by atoms with E-state index in [1.54, 1.807) is 6.20 Å². The lowest BCUT2D eigenvalue weighted by molar-refractivity contribution is -0.138. The molecule has 1 amide bonds. The van der Waals surface area contributed by atoms with Gasteiger partial charge in [0, 0.05) is 5.41 Å². The second-order valence-electron chi connectivity index (χ2n) is 5.32. The molecule has 0 aromatic carbocycles. The molecule has 1 aromatic heterocycles. The SMILES string of the molecule is CCC1(C(=O)NCc2cn(CC(=O)O)nn2)CCCC1. The predicted molar refractivity (Wildman–Crippen MR) is 70.7 cm³/mol. The molecule has 7 heteroatoms. The summed E-state index contributed by atoms with van der Waals surface area (Å²) in [5.74, 6) is -0.897. The van der Waals surface area contributed by atoms with Crippen LogP contribution >= 0.6 is 0 Å². The highest BCUT2D eigenvalue weighted by atomic mass is 16.4. The van der Waals surface area contributed by atoms with E-state index < -0.39 is 5.97 Å². The number of carboxylic acid groups (broad SMARTS) is 1. The van der Waals surface area contributed by atoms with Crippen molar-refractivity contribution in [3.05, 3.63) is 11.9 Å². The summed E-state index contributed by atoms with van der Waals surface area (Å²) in [5.41, 5.74) is 0.348. The Labute approximate surface area is 117 Å². The zero-order valence-corrected chi connectivity index (χ0v) is 11.6. The summed E-state index contributed by atoms with van der Waals surface area (Å²) in [5, 5.41) is 19.1. The number of aliphatic carboxylic acids is 1. The number of carbonyl (C=O) groups is 2. The van der Waals surface area contributed by atoms with Crippen molar-refractivity contribution in [1.29, 1.82) is 0 Å². The maximum absolute atomic E-state index is 12.3. The molecule has 110 valence electrons. The molecular formula is C13H20N4O3. The van der Waals surface area contributed by atoms with Crippen molar-refractivity contribution >= 4 is 11.9 Å². The molecule has 0 radical (unpaired) electrons. The predicted octanol–water partition coefficient (Wildman–Crippen LogP) is 0.949. The molecule has 0 bridgehead atoms. The molecule has 1 fully saturated rings. The first kappa shape index (κ1) is 14.5. The van der Waals surface area contributed by atoms with Crippen LogP contribution in [-0.4, -0.2) is 32.0 Å². The summed E-state index contributed by atoms with van der Waals surface area (Å²) >= 11 is 0. The van der Waals surface area contributed by atoms with Crippen molar-refractivity contribution < 1.29 is 14.7 Å². The summed E-state index contributed by atoms with van der Waals surface area (Å²) in [6.45, 7) is 2.12. The topological polar surface area (TPSA) is 97.1 Å². The highest BCUT2D eigenvalue weighted by molar-refractivity contribution is 5.82. The van der Waals surface area contributed by atoms with E-state index in [9.17, 15) is 9.59 Å². The Hall–Kier alpha value is -1.92. The fourth-order valence-electron chi connectivity index (χ4n) is 2.79. The Morgan fingerprint density at radius 1 is 1.45 bits per heavy atom. The molecule has 0 saturated heterocycles. The van der Waals surface area contributed by atoms with Crippen molar-refractivity contribution in [2.45, 2.75) is 52.1 Å². The van der Waals surface area contributed by atoms with E-state index in [0.717, 1.165) is 32.1 Å². The van der Waals surface area contributed by atoms with Crippen LogP contribution in [0.25, 0.3) is 0 Å². The molecular weight excluding hydrogens is 260 g/mol. The number of carboxylic acids is 1. The van der Waals surface area contributed by atoms with Crippen molar-refractivity contribution in [3.63, 3.8) is 0 Å². The monoisotopic (exact) mass is 280 g/mol. The zero-order valence-electron chi connectivity index (χ0n) is 11.6. The number of amides is 1. The van der Waals surface area contributed by atoms with Gasteiger partial charge < -0.3 is 10.4 Å². The maximum Gasteiger partial charge on any atom is 0.325 e. The molecule has 0 spiro atoms. The fourth-order valence-corrected chi connectivity index (χ4v) is 2.79. The van der Waals surface area contributed by atoms with Crippen LogP contribution in [0.5, 0.6) is 0 Å². The van der Waals surface area contributed by atoms with Crippen molar-refractivity contribution in [1.82, 2.24) is 20.3 Å². The van der Waals surface area contributed by atoms with Crippen LogP contribution in [0.2, 0.25) is 0 Å². The minimum atomic E-state index is -0.971. The van der Waals surface area contributed by atoms with Gasteiger partial charge in [-0.1, -0.05) is 25.0 Å². The van der Waals surface area contributed by atoms with Gasteiger partial charge in [0.1, 0.15) is 12.2 Å². The maximum atomic E-state index is 12.3. The summed E-state index contributed by atoms with van der Waals surface area (Å²) in [6.07, 6.45) is 6.50. The standard InChI is InChI=1S/C13H20N4O3/c1-2-13(5-3-4-6-13)12(20)14-7-10-8-17(16-15-10)9-11(18)19/h8H,2-7,9H2,1H3,(H,14,20)(H,18,19). The van der Waals surface area contributed by atoms with Gasteiger partial charge in [0.25, 0.3) is 0 Å². The van der Waals surface area contributed by atoms with E-state index in [2.05, 4.69) is 15.6 Å². The second-order valence-corrected chi connectivity index (χ2v) is 5.32. The number of aromatic nitrogens is 3. The molecule has 1 aromatic rings. The van der Waals surface area contributed by atoms with Crippen LogP contribution in [0.4, 0.5) is 0 Å². The number of hydrogen-bond donors (Lipinski definition) is 2. The van der Waals surface area contributed by atoms with Gasteiger partial charge in [-0.2, -0.15) is 0 Å². The third-order valence-corrected chi connectivity index (χ3v) is 4.03.